The van der Waals surface area contributed by atoms with Crippen LogP contribution in [-0.2, 0) is 0 Å². The highest BCUT2D eigenvalue weighted by molar-refractivity contribution is 6.18. The lowest BCUT2D eigenvalue weighted by molar-refractivity contribution is 0.252. The molecule has 8 nitrogen and oxygen atoms in total. The molecule has 4 rings (SSSR count). The molecule has 0 aromatic heterocycles. The first-order valence-electron chi connectivity index (χ1n) is 11.7. The maximum atomic E-state index is 12.0. The molecular formula is C27H29Cl2N5O3. The first kappa shape index (κ1) is 26.5. The van der Waals surface area contributed by atoms with E-state index in [1.165, 1.54) is 7.11 Å². The number of methoxy groups -OCH3 is 1. The van der Waals surface area contributed by atoms with Crippen molar-refractivity contribution in [2.75, 3.05) is 47.1 Å². The quantitative estimate of drug-likeness (QED) is 0.155. The number of alkyl halides is 2. The number of rotatable bonds is 9. The van der Waals surface area contributed by atoms with E-state index in [1.54, 1.807) is 12.1 Å². The topological polar surface area (TPSA) is 103 Å². The Kier molecular flexibility index (Phi) is 8.66. The van der Waals surface area contributed by atoms with Gasteiger partial charge in [0.15, 0.2) is 11.5 Å². The van der Waals surface area contributed by atoms with Crippen molar-refractivity contribution in [3.8, 4) is 11.5 Å². The summed E-state index contributed by atoms with van der Waals surface area (Å²) in [6.45, 7) is 1.17. The van der Waals surface area contributed by atoms with Crippen LogP contribution in [0.2, 0.25) is 0 Å². The lowest BCUT2D eigenvalue weighted by Gasteiger charge is -2.41. The van der Waals surface area contributed by atoms with Gasteiger partial charge in [-0.05, 0) is 48.0 Å². The number of phenolic OH excluding ortho intramolecular Hbond substituents is 1. The molecule has 2 aliphatic rings. The summed E-state index contributed by atoms with van der Waals surface area (Å²) in [5, 5.41) is 13.0. The first-order valence-corrected chi connectivity index (χ1v) is 12.8. The average molecular weight is 542 g/mol. The number of phenols is 1. The first-order chi connectivity index (χ1) is 18.0. The van der Waals surface area contributed by atoms with E-state index in [-0.39, 0.29) is 11.8 Å². The number of fused-ring (bicyclic) bond motifs is 1. The normalized spacial score (nSPS) is 16.0. The number of nitrogens with two attached hydrogens (primary N) is 1. The number of urea groups is 1. The van der Waals surface area contributed by atoms with E-state index in [2.05, 4.69) is 38.8 Å². The number of ether oxygens (including phenoxy) is 1. The Balaban J connectivity index is 1.93. The molecule has 10 heteroatoms. The maximum absolute atomic E-state index is 12.0. The molecule has 0 bridgehead atoms. The van der Waals surface area contributed by atoms with Gasteiger partial charge < -0.3 is 25.0 Å². The van der Waals surface area contributed by atoms with Gasteiger partial charge in [0.25, 0.3) is 0 Å². The summed E-state index contributed by atoms with van der Waals surface area (Å²) < 4.78 is 5.38. The molecule has 2 aromatic rings. The Morgan fingerprint density at radius 1 is 1.14 bits per heavy atom. The van der Waals surface area contributed by atoms with Crippen LogP contribution in [0.5, 0.6) is 11.5 Å². The van der Waals surface area contributed by atoms with Crippen LogP contribution < -0.4 is 31.1 Å². The number of hydrogen-bond donors (Lipinski definition) is 4. The van der Waals surface area contributed by atoms with E-state index >= 15 is 0 Å². The third-order valence-corrected chi connectivity index (χ3v) is 6.49. The van der Waals surface area contributed by atoms with Gasteiger partial charge in [-0.3, -0.25) is 5.43 Å². The largest absolute Gasteiger partial charge is 0.504 e. The summed E-state index contributed by atoms with van der Waals surface area (Å²) in [6, 6.07) is 10.3. The molecular weight excluding hydrogens is 513 g/mol. The van der Waals surface area contributed by atoms with Gasteiger partial charge in [0.1, 0.15) is 0 Å². The minimum Gasteiger partial charge on any atom is -0.504 e. The fraction of sp³-hybridized carbons (Fsp3) is 0.222. The fourth-order valence-corrected chi connectivity index (χ4v) is 4.89. The summed E-state index contributed by atoms with van der Waals surface area (Å²) >= 11 is 12.3. The predicted molar refractivity (Wildman–Crippen MR) is 152 cm³/mol. The predicted octanol–water partition coefficient (Wildman–Crippen LogP) is 4.96. The van der Waals surface area contributed by atoms with Crippen molar-refractivity contribution in [2.45, 2.75) is 6.04 Å². The second-order valence-electron chi connectivity index (χ2n) is 8.33. The summed E-state index contributed by atoms with van der Waals surface area (Å²) in [7, 11) is 1.52. The maximum Gasteiger partial charge on any atom is 0.333 e. The molecule has 0 radical (unpaired) electrons. The minimum absolute atomic E-state index is 0.0565. The van der Waals surface area contributed by atoms with E-state index in [0.717, 1.165) is 28.2 Å². The molecule has 0 saturated heterocycles. The van der Waals surface area contributed by atoms with Crippen molar-refractivity contribution >= 4 is 52.0 Å². The number of hydrogen-bond acceptors (Lipinski definition) is 6. The zero-order chi connectivity index (χ0) is 26.4. The van der Waals surface area contributed by atoms with Crippen molar-refractivity contribution in [1.29, 1.82) is 0 Å². The molecule has 1 heterocycles. The molecule has 1 aliphatic heterocycles. The third kappa shape index (κ3) is 5.72. The van der Waals surface area contributed by atoms with E-state index in [9.17, 15) is 9.90 Å². The van der Waals surface area contributed by atoms with Crippen LogP contribution in [0.15, 0.2) is 78.4 Å². The molecule has 5 N–H and O–H groups in total. The van der Waals surface area contributed by atoms with Gasteiger partial charge in [0, 0.05) is 41.8 Å². The number of carbonyl (C=O) groups excluding carboxylic acids is 1. The highest BCUT2D eigenvalue weighted by Crippen LogP contribution is 2.43. The summed E-state index contributed by atoms with van der Waals surface area (Å²) in [5.74, 6) is 6.57. The molecule has 1 unspecified atom stereocenters. The van der Waals surface area contributed by atoms with Crippen molar-refractivity contribution in [3.05, 3.63) is 84.0 Å². The zero-order valence-electron chi connectivity index (χ0n) is 20.3. The van der Waals surface area contributed by atoms with Gasteiger partial charge in [-0.1, -0.05) is 30.4 Å². The van der Waals surface area contributed by atoms with E-state index in [1.807, 2.05) is 42.5 Å². The molecule has 0 saturated carbocycles. The minimum atomic E-state index is -0.532. The Bertz CT molecular complexity index is 1270. The number of hydrazine groups is 1. The molecule has 1 aliphatic carbocycles. The van der Waals surface area contributed by atoms with Crippen LogP contribution >= 0.6 is 23.2 Å². The molecule has 0 spiro atoms. The van der Waals surface area contributed by atoms with E-state index in [0.29, 0.717) is 36.3 Å². The summed E-state index contributed by atoms with van der Waals surface area (Å²) in [6.07, 6.45) is 12.3. The number of nitrogens with one attached hydrogen (secondary N) is 2. The number of aromatic hydroxyl groups is 1. The summed E-state index contributed by atoms with van der Waals surface area (Å²) in [5.41, 5.74) is 7.22. The Labute approximate surface area is 226 Å². The van der Waals surface area contributed by atoms with Crippen LogP contribution in [0.1, 0.15) is 5.56 Å². The van der Waals surface area contributed by atoms with E-state index in [4.69, 9.17) is 33.8 Å². The zero-order valence-corrected chi connectivity index (χ0v) is 21.8. The number of nitrogens with zero attached hydrogens (tertiary/aromatic N) is 2. The Morgan fingerprint density at radius 3 is 2.62 bits per heavy atom. The Morgan fingerprint density at radius 2 is 1.92 bits per heavy atom. The second kappa shape index (κ2) is 12.1. The van der Waals surface area contributed by atoms with Crippen molar-refractivity contribution in [1.82, 2.24) is 5.43 Å². The number of amides is 2. The highest BCUT2D eigenvalue weighted by atomic mass is 35.5. The molecule has 0 fully saturated rings. The van der Waals surface area contributed by atoms with Crippen LogP contribution in [0, 0.1) is 0 Å². The number of carbonyl (C=O) groups is 1. The van der Waals surface area contributed by atoms with Crippen LogP contribution in [-0.4, -0.2) is 49.1 Å². The van der Waals surface area contributed by atoms with Crippen molar-refractivity contribution in [3.63, 3.8) is 0 Å². The standard InChI is InChI=1S/C27H29Cl2N5O3/c1-37-26-16-19(7-11-25(26)35)22-9-6-18-4-2-3-5-21(18)34(22)24-17-20(31-27(36)32-30)8-10-23(24)33(14-12-28)15-13-29/h2-11,16-17,21,35H,12-15,30H2,1H3,(H2,31,32,36). The molecule has 1 atom stereocenters. The van der Waals surface area contributed by atoms with Gasteiger partial charge in [-0.25, -0.2) is 10.6 Å². The number of benzene rings is 2. The fourth-order valence-electron chi connectivity index (χ4n) is 4.48. The van der Waals surface area contributed by atoms with E-state index < -0.39 is 6.03 Å². The van der Waals surface area contributed by atoms with Crippen LogP contribution in [0.3, 0.4) is 0 Å². The molecule has 194 valence electrons. The van der Waals surface area contributed by atoms with Gasteiger partial charge >= 0.3 is 6.03 Å². The molecule has 37 heavy (non-hydrogen) atoms. The molecule has 2 amide bonds. The third-order valence-electron chi connectivity index (χ3n) is 6.16. The number of halogens is 2. The number of allylic oxidation sites excluding steroid dienone is 4. The SMILES string of the molecule is COc1cc(C2=CC=C3C=CC=CC3N2c2cc(NC(=O)NN)ccc2N(CCCl)CCCl)ccc1O. The lowest BCUT2D eigenvalue weighted by Crippen LogP contribution is -2.38. The van der Waals surface area contributed by atoms with Crippen molar-refractivity contribution < 1.29 is 14.6 Å². The van der Waals surface area contributed by atoms with Gasteiger partial charge in [0.05, 0.1) is 24.5 Å². The highest BCUT2D eigenvalue weighted by Gasteiger charge is 2.31. The van der Waals surface area contributed by atoms with Crippen LogP contribution in [0.25, 0.3) is 5.70 Å². The smallest absolute Gasteiger partial charge is 0.333 e. The van der Waals surface area contributed by atoms with Crippen LogP contribution in [0.4, 0.5) is 21.9 Å². The van der Waals surface area contributed by atoms with Gasteiger partial charge in [0.2, 0.25) is 0 Å². The number of anilines is 3. The average Bonchev–Trinajstić information content (AvgIpc) is 2.92. The van der Waals surface area contributed by atoms with Crippen molar-refractivity contribution in [2.24, 2.45) is 5.84 Å². The second-order valence-corrected chi connectivity index (χ2v) is 9.09. The van der Waals surface area contributed by atoms with Gasteiger partial charge in [-0.15, -0.1) is 23.2 Å². The molecule has 2 aromatic carbocycles. The Hall–Kier alpha value is -3.59. The lowest BCUT2D eigenvalue weighted by atomic mass is 9.92. The van der Waals surface area contributed by atoms with Gasteiger partial charge in [-0.2, -0.15) is 0 Å². The monoisotopic (exact) mass is 541 g/mol. The summed E-state index contributed by atoms with van der Waals surface area (Å²) in [4.78, 5) is 16.3.